The normalized spacial score (nSPS) is 11.0. The van der Waals surface area contributed by atoms with Crippen LogP contribution in [0.5, 0.6) is 0 Å². The van der Waals surface area contributed by atoms with E-state index in [-0.39, 0.29) is 10.8 Å². The highest BCUT2D eigenvalue weighted by atomic mass is 32.1. The van der Waals surface area contributed by atoms with Gasteiger partial charge in [0.2, 0.25) is 0 Å². The largest absolute Gasteiger partial charge is 0.324 e. The van der Waals surface area contributed by atoms with Crippen molar-refractivity contribution in [2.75, 3.05) is 0 Å². The predicted octanol–water partition coefficient (Wildman–Crippen LogP) is 5.28. The van der Waals surface area contributed by atoms with Crippen molar-refractivity contribution in [3.63, 3.8) is 0 Å². The Morgan fingerprint density at radius 1 is 1.13 bits per heavy atom. The molecule has 1 aromatic carbocycles. The second-order valence-electron chi connectivity index (χ2n) is 4.73. The maximum absolute atomic E-state index is 12.1. The van der Waals surface area contributed by atoms with E-state index < -0.39 is 4.92 Å². The minimum atomic E-state index is -0.437. The molecule has 0 saturated carbocycles. The summed E-state index contributed by atoms with van der Waals surface area (Å²) < 4.78 is 0. The molecule has 3 aromatic rings. The molecule has 6 heteroatoms. The van der Waals surface area contributed by atoms with Crippen molar-refractivity contribution in [1.82, 2.24) is 0 Å². The maximum Gasteiger partial charge on any atom is 0.324 e. The highest BCUT2D eigenvalue weighted by Crippen LogP contribution is 2.25. The lowest BCUT2D eigenvalue weighted by molar-refractivity contribution is -0.380. The molecule has 0 saturated heterocycles. The molecular weight excluding hydrogens is 330 g/mol. The fourth-order valence-electron chi connectivity index (χ4n) is 2.03. The van der Waals surface area contributed by atoms with Gasteiger partial charge in [-0.05, 0) is 34.7 Å². The molecule has 4 nitrogen and oxygen atoms in total. The lowest BCUT2D eigenvalue weighted by atomic mass is 10.1. The Hall–Kier alpha value is -2.57. The average molecular weight is 341 g/mol. The molecule has 0 fully saturated rings. The first kappa shape index (κ1) is 15.3. The Kier molecular flexibility index (Phi) is 4.45. The maximum atomic E-state index is 12.1. The lowest BCUT2D eigenvalue weighted by Gasteiger charge is -1.99. The number of rotatable bonds is 5. The first-order valence-electron chi connectivity index (χ1n) is 6.73. The molecule has 0 N–H and O–H groups in total. The van der Waals surface area contributed by atoms with Crippen LogP contribution in [0.4, 0.5) is 5.00 Å². The highest BCUT2D eigenvalue weighted by molar-refractivity contribution is 7.13. The van der Waals surface area contributed by atoms with Gasteiger partial charge in [-0.1, -0.05) is 41.7 Å². The summed E-state index contributed by atoms with van der Waals surface area (Å²) in [5.41, 5.74) is 2.32. The van der Waals surface area contributed by atoms with E-state index >= 15 is 0 Å². The van der Waals surface area contributed by atoms with Crippen LogP contribution in [0.2, 0.25) is 0 Å². The smallest absolute Gasteiger partial charge is 0.289 e. The van der Waals surface area contributed by atoms with Crippen LogP contribution >= 0.6 is 22.7 Å². The first-order chi connectivity index (χ1) is 11.1. The topological polar surface area (TPSA) is 60.2 Å². The van der Waals surface area contributed by atoms with Crippen LogP contribution < -0.4 is 0 Å². The molecule has 23 heavy (non-hydrogen) atoms. The Labute approximate surface area is 140 Å². The standard InChI is InChI=1S/C17H11NO3S2/c19-15(8-3-12-10-17(18(20)21)23-11-12)13-4-6-14(7-5-13)16-2-1-9-22-16/h1-11H/b8-3+. The lowest BCUT2D eigenvalue weighted by Crippen LogP contribution is -1.93. The van der Waals surface area contributed by atoms with Gasteiger partial charge >= 0.3 is 5.00 Å². The van der Waals surface area contributed by atoms with Crippen molar-refractivity contribution in [1.29, 1.82) is 0 Å². The number of ketones is 1. The average Bonchev–Trinajstić information content (AvgIpc) is 3.24. The number of allylic oxidation sites excluding steroid dienone is 1. The zero-order chi connectivity index (χ0) is 16.2. The summed E-state index contributed by atoms with van der Waals surface area (Å²) in [6.07, 6.45) is 3.03. The summed E-state index contributed by atoms with van der Waals surface area (Å²) in [4.78, 5) is 23.5. The number of thiophene rings is 2. The van der Waals surface area contributed by atoms with Crippen LogP contribution in [0.3, 0.4) is 0 Å². The molecule has 114 valence electrons. The van der Waals surface area contributed by atoms with Crippen LogP contribution in [0, 0.1) is 10.1 Å². The van der Waals surface area contributed by atoms with E-state index in [0.717, 1.165) is 21.8 Å². The Morgan fingerprint density at radius 2 is 1.91 bits per heavy atom. The van der Waals surface area contributed by atoms with Crippen molar-refractivity contribution in [3.8, 4) is 10.4 Å². The zero-order valence-corrected chi connectivity index (χ0v) is 13.5. The van der Waals surface area contributed by atoms with Gasteiger partial charge in [0.1, 0.15) is 0 Å². The molecule has 0 aliphatic rings. The number of nitro groups is 1. The van der Waals surface area contributed by atoms with Crippen molar-refractivity contribution < 1.29 is 9.72 Å². The van der Waals surface area contributed by atoms with E-state index in [0.29, 0.717) is 11.1 Å². The highest BCUT2D eigenvalue weighted by Gasteiger charge is 2.08. The molecule has 0 atom stereocenters. The van der Waals surface area contributed by atoms with Gasteiger partial charge in [-0.15, -0.1) is 11.3 Å². The minimum absolute atomic E-state index is 0.0670. The van der Waals surface area contributed by atoms with Crippen molar-refractivity contribution in [2.24, 2.45) is 0 Å². The van der Waals surface area contributed by atoms with Gasteiger partial charge in [0.25, 0.3) is 0 Å². The summed E-state index contributed by atoms with van der Waals surface area (Å²) in [5.74, 6) is -0.128. The van der Waals surface area contributed by atoms with Gasteiger partial charge in [-0.3, -0.25) is 14.9 Å². The van der Waals surface area contributed by atoms with Gasteiger partial charge < -0.3 is 0 Å². The Morgan fingerprint density at radius 3 is 2.52 bits per heavy atom. The van der Waals surface area contributed by atoms with Crippen LogP contribution in [0.15, 0.2) is 59.3 Å². The SMILES string of the molecule is O=C(/C=C/c1csc([N+](=O)[O-])c1)c1ccc(-c2cccs2)cc1. The molecule has 0 aliphatic carbocycles. The van der Waals surface area contributed by atoms with Gasteiger partial charge in [0.05, 0.1) is 4.92 Å². The molecule has 0 unspecified atom stereocenters. The van der Waals surface area contributed by atoms with E-state index in [1.54, 1.807) is 34.9 Å². The Balaban J connectivity index is 1.72. The van der Waals surface area contributed by atoms with E-state index in [2.05, 4.69) is 0 Å². The van der Waals surface area contributed by atoms with Gasteiger partial charge in [-0.25, -0.2) is 0 Å². The van der Waals surface area contributed by atoms with Crippen LogP contribution in [-0.4, -0.2) is 10.7 Å². The molecule has 0 amide bonds. The summed E-state index contributed by atoms with van der Waals surface area (Å²) in [7, 11) is 0. The van der Waals surface area contributed by atoms with E-state index in [1.807, 2.05) is 29.6 Å². The molecule has 2 aromatic heterocycles. The van der Waals surface area contributed by atoms with E-state index in [1.165, 1.54) is 12.1 Å². The van der Waals surface area contributed by atoms with E-state index in [9.17, 15) is 14.9 Å². The van der Waals surface area contributed by atoms with Gasteiger partial charge in [-0.2, -0.15) is 0 Å². The van der Waals surface area contributed by atoms with Crippen molar-refractivity contribution >= 4 is 39.5 Å². The third-order valence-electron chi connectivity index (χ3n) is 3.19. The summed E-state index contributed by atoms with van der Waals surface area (Å²) in [6, 6.07) is 12.9. The zero-order valence-electron chi connectivity index (χ0n) is 11.8. The third-order valence-corrected chi connectivity index (χ3v) is 5.01. The van der Waals surface area contributed by atoms with Crippen LogP contribution in [0.1, 0.15) is 15.9 Å². The summed E-state index contributed by atoms with van der Waals surface area (Å²) in [5, 5.41) is 14.4. The van der Waals surface area contributed by atoms with Gasteiger partial charge in [0.15, 0.2) is 5.78 Å². The molecule has 0 aliphatic heterocycles. The summed E-state index contributed by atoms with van der Waals surface area (Å²) in [6.45, 7) is 0. The minimum Gasteiger partial charge on any atom is -0.289 e. The number of benzene rings is 1. The second kappa shape index (κ2) is 6.68. The third kappa shape index (κ3) is 3.61. The molecular formula is C17H11NO3S2. The monoisotopic (exact) mass is 341 g/mol. The predicted molar refractivity (Wildman–Crippen MR) is 94.1 cm³/mol. The van der Waals surface area contributed by atoms with Crippen LogP contribution in [-0.2, 0) is 0 Å². The molecule has 0 radical (unpaired) electrons. The fraction of sp³-hybridized carbons (Fsp3) is 0. The fourth-order valence-corrected chi connectivity index (χ4v) is 3.46. The number of hydrogen-bond donors (Lipinski definition) is 0. The second-order valence-corrected chi connectivity index (χ2v) is 6.56. The van der Waals surface area contributed by atoms with Gasteiger partial charge in [0, 0.05) is 21.9 Å². The quantitative estimate of drug-likeness (QED) is 0.274. The van der Waals surface area contributed by atoms with Crippen molar-refractivity contribution in [2.45, 2.75) is 0 Å². The van der Waals surface area contributed by atoms with E-state index in [4.69, 9.17) is 0 Å². The molecule has 0 bridgehead atoms. The molecule has 0 spiro atoms. The Bertz CT molecular complexity index is 862. The summed E-state index contributed by atoms with van der Waals surface area (Å²) >= 11 is 2.69. The number of nitrogens with zero attached hydrogens (tertiary/aromatic N) is 1. The molecule has 2 heterocycles. The molecule has 3 rings (SSSR count). The van der Waals surface area contributed by atoms with Crippen LogP contribution in [0.25, 0.3) is 16.5 Å². The number of hydrogen-bond acceptors (Lipinski definition) is 5. The number of carbonyl (C=O) groups excluding carboxylic acids is 1. The first-order valence-corrected chi connectivity index (χ1v) is 8.49. The van der Waals surface area contributed by atoms with Crippen molar-refractivity contribution in [3.05, 3.63) is 80.5 Å². The number of carbonyl (C=O) groups is 1.